The van der Waals surface area contributed by atoms with Crippen molar-refractivity contribution >= 4 is 34.0 Å². The zero-order valence-corrected chi connectivity index (χ0v) is 11.3. The van der Waals surface area contributed by atoms with E-state index in [2.05, 4.69) is 10.3 Å². The predicted molar refractivity (Wildman–Crippen MR) is 73.8 cm³/mol. The van der Waals surface area contributed by atoms with E-state index in [9.17, 15) is 20.2 Å². The number of aryl methyl sites for hydroxylation is 1. The number of rotatable bonds is 3. The predicted octanol–water partition coefficient (Wildman–Crippen LogP) is 2.23. The van der Waals surface area contributed by atoms with Crippen molar-refractivity contribution in [1.82, 2.24) is 5.32 Å². The Balaban J connectivity index is 3.63. The third-order valence-electron chi connectivity index (χ3n) is 2.28. The van der Waals surface area contributed by atoms with Crippen LogP contribution < -0.4 is 5.32 Å². The zero-order chi connectivity index (χ0) is 15.3. The highest BCUT2D eigenvalue weighted by atomic mass is 32.2. The summed E-state index contributed by atoms with van der Waals surface area (Å²) in [5, 5.41) is 32.8. The maximum Gasteiger partial charge on any atom is 0.304 e. The molecule has 0 aliphatic rings. The second-order valence-electron chi connectivity index (χ2n) is 3.47. The van der Waals surface area contributed by atoms with Crippen LogP contribution in [0.25, 0.3) is 0 Å². The lowest BCUT2D eigenvalue weighted by Crippen LogP contribution is -2.13. The first-order chi connectivity index (χ1) is 9.42. The summed E-state index contributed by atoms with van der Waals surface area (Å²) in [6.07, 6.45) is 3.19. The number of benzene rings is 1. The molecule has 20 heavy (non-hydrogen) atoms. The summed E-state index contributed by atoms with van der Waals surface area (Å²) < 4.78 is 0. The van der Waals surface area contributed by atoms with Crippen LogP contribution >= 0.6 is 11.8 Å². The molecule has 0 spiro atoms. The van der Waals surface area contributed by atoms with Crippen LogP contribution in [0.4, 0.5) is 17.1 Å². The fourth-order valence-electron chi connectivity index (χ4n) is 1.43. The number of amidine groups is 1. The van der Waals surface area contributed by atoms with Crippen molar-refractivity contribution in [2.75, 3.05) is 6.26 Å². The molecule has 1 N–H and O–H groups in total. The minimum atomic E-state index is -0.754. The number of nitrogens with zero attached hydrogens (tertiary/aromatic N) is 4. The van der Waals surface area contributed by atoms with Crippen LogP contribution in [0, 0.1) is 38.6 Å². The Labute approximate surface area is 117 Å². The molecule has 10 heteroatoms. The number of aliphatic imine (C=N–C) groups is 1. The molecule has 0 bridgehead atoms. The van der Waals surface area contributed by atoms with E-state index in [1.807, 2.05) is 0 Å². The van der Waals surface area contributed by atoms with Crippen LogP contribution in [0.3, 0.4) is 0 Å². The summed E-state index contributed by atoms with van der Waals surface area (Å²) in [6.45, 7) is 1.46. The molecule has 104 valence electrons. The maximum atomic E-state index is 11.1. The third kappa shape index (κ3) is 3.21. The van der Waals surface area contributed by atoms with Crippen molar-refractivity contribution in [3.8, 4) is 6.19 Å². The van der Waals surface area contributed by atoms with Gasteiger partial charge in [-0.25, -0.2) is 4.99 Å². The molecule has 0 aliphatic carbocycles. The van der Waals surface area contributed by atoms with Crippen molar-refractivity contribution in [3.05, 3.63) is 37.9 Å². The van der Waals surface area contributed by atoms with Gasteiger partial charge in [0.05, 0.1) is 9.85 Å². The Kier molecular flexibility index (Phi) is 4.99. The smallest absolute Gasteiger partial charge is 0.271 e. The summed E-state index contributed by atoms with van der Waals surface area (Å²) in [4.78, 5) is 24.4. The molecule has 0 saturated carbocycles. The second kappa shape index (κ2) is 6.48. The lowest BCUT2D eigenvalue weighted by molar-refractivity contribution is -0.392. The first kappa shape index (κ1) is 15.4. The maximum absolute atomic E-state index is 11.1. The molecule has 0 radical (unpaired) electrons. The van der Waals surface area contributed by atoms with E-state index in [4.69, 9.17) is 5.26 Å². The van der Waals surface area contributed by atoms with E-state index in [-0.39, 0.29) is 16.4 Å². The molecule has 0 amide bonds. The van der Waals surface area contributed by atoms with Gasteiger partial charge in [0.2, 0.25) is 5.69 Å². The standard InChI is InChI=1S/C10H9N5O4S/c1-6-3-4-7(14(16)17)8(9(6)15(18)19)13-10(20-2)12-5-11/h3-4H,1-2H3,(H,12,13). The van der Waals surface area contributed by atoms with E-state index in [0.29, 0.717) is 0 Å². The van der Waals surface area contributed by atoms with Gasteiger partial charge in [0.1, 0.15) is 0 Å². The topological polar surface area (TPSA) is 134 Å². The van der Waals surface area contributed by atoms with Gasteiger partial charge in [0.25, 0.3) is 0 Å². The van der Waals surface area contributed by atoms with Gasteiger partial charge in [-0.1, -0.05) is 11.8 Å². The summed E-state index contributed by atoms with van der Waals surface area (Å²) >= 11 is 1.01. The lowest BCUT2D eigenvalue weighted by Gasteiger charge is -2.04. The Morgan fingerprint density at radius 3 is 2.50 bits per heavy atom. The first-order valence-corrected chi connectivity index (χ1v) is 6.35. The number of thioether (sulfide) groups is 1. The summed E-state index contributed by atoms with van der Waals surface area (Å²) in [6, 6.07) is 2.43. The van der Waals surface area contributed by atoms with Gasteiger partial charge in [-0.3, -0.25) is 25.5 Å². The lowest BCUT2D eigenvalue weighted by atomic mass is 10.1. The summed E-state index contributed by atoms with van der Waals surface area (Å²) in [5.41, 5.74) is -1.08. The molecule has 0 heterocycles. The van der Waals surface area contributed by atoms with Gasteiger partial charge >= 0.3 is 11.4 Å². The number of nitro benzene ring substituents is 2. The van der Waals surface area contributed by atoms with Crippen molar-refractivity contribution in [1.29, 1.82) is 5.26 Å². The summed E-state index contributed by atoms with van der Waals surface area (Å²) in [5.74, 6) is 0. The molecule has 1 aromatic rings. The van der Waals surface area contributed by atoms with Crippen molar-refractivity contribution < 1.29 is 9.85 Å². The molecule has 0 aromatic heterocycles. The van der Waals surface area contributed by atoms with Crippen molar-refractivity contribution in [2.24, 2.45) is 4.99 Å². The highest BCUT2D eigenvalue weighted by Crippen LogP contribution is 2.39. The van der Waals surface area contributed by atoms with Gasteiger partial charge in [0.15, 0.2) is 11.4 Å². The Bertz CT molecular complexity index is 637. The number of nitriles is 1. The largest absolute Gasteiger partial charge is 0.304 e. The van der Waals surface area contributed by atoms with E-state index >= 15 is 0 Å². The zero-order valence-electron chi connectivity index (χ0n) is 10.5. The molecule has 0 fully saturated rings. The summed E-state index contributed by atoms with van der Waals surface area (Å²) in [7, 11) is 0. The number of hydrogen-bond donors (Lipinski definition) is 1. The van der Waals surface area contributed by atoms with Crippen LogP contribution in [0.2, 0.25) is 0 Å². The van der Waals surface area contributed by atoms with Crippen LogP contribution in [0.1, 0.15) is 5.56 Å². The number of nitro groups is 2. The monoisotopic (exact) mass is 295 g/mol. The molecular formula is C10H9N5O4S. The Morgan fingerprint density at radius 1 is 1.40 bits per heavy atom. The number of hydrogen-bond acceptors (Lipinski definition) is 7. The molecular weight excluding hydrogens is 286 g/mol. The Morgan fingerprint density at radius 2 is 2.05 bits per heavy atom. The fraction of sp³-hybridized carbons (Fsp3) is 0.200. The average molecular weight is 295 g/mol. The highest BCUT2D eigenvalue weighted by Gasteiger charge is 2.27. The Hall–Kier alpha value is -2.67. The quantitative estimate of drug-likeness (QED) is 0.225. The third-order valence-corrected chi connectivity index (χ3v) is 2.86. The second-order valence-corrected chi connectivity index (χ2v) is 4.27. The van der Waals surface area contributed by atoms with Crippen LogP contribution in [-0.2, 0) is 0 Å². The van der Waals surface area contributed by atoms with E-state index in [0.717, 1.165) is 17.8 Å². The van der Waals surface area contributed by atoms with Crippen LogP contribution in [0.5, 0.6) is 0 Å². The van der Waals surface area contributed by atoms with Crippen molar-refractivity contribution in [3.63, 3.8) is 0 Å². The minimum Gasteiger partial charge on any atom is -0.271 e. The van der Waals surface area contributed by atoms with Gasteiger partial charge in [0, 0.05) is 11.6 Å². The molecule has 1 rings (SSSR count). The van der Waals surface area contributed by atoms with Gasteiger partial charge in [-0.15, -0.1) is 0 Å². The van der Waals surface area contributed by atoms with Crippen molar-refractivity contribution in [2.45, 2.75) is 6.92 Å². The average Bonchev–Trinajstić information content (AvgIpc) is 2.37. The molecule has 0 atom stereocenters. The van der Waals surface area contributed by atoms with Gasteiger partial charge < -0.3 is 0 Å². The van der Waals surface area contributed by atoms with E-state index in [1.165, 1.54) is 13.0 Å². The highest BCUT2D eigenvalue weighted by molar-refractivity contribution is 8.13. The molecule has 0 saturated heterocycles. The van der Waals surface area contributed by atoms with E-state index < -0.39 is 21.2 Å². The molecule has 9 nitrogen and oxygen atoms in total. The first-order valence-electron chi connectivity index (χ1n) is 5.12. The fourth-order valence-corrected chi connectivity index (χ4v) is 1.76. The SMILES string of the molecule is CSC(=Nc1c([N+](=O)[O-])ccc(C)c1[N+](=O)[O-])NC#N. The minimum absolute atomic E-state index is 0.0318. The van der Waals surface area contributed by atoms with Crippen LogP contribution in [-0.4, -0.2) is 21.3 Å². The van der Waals surface area contributed by atoms with Gasteiger partial charge in [-0.05, 0) is 19.2 Å². The van der Waals surface area contributed by atoms with Gasteiger partial charge in [-0.2, -0.15) is 5.26 Å². The van der Waals surface area contributed by atoms with E-state index in [1.54, 1.807) is 12.4 Å². The van der Waals surface area contributed by atoms with Crippen LogP contribution in [0.15, 0.2) is 17.1 Å². The normalized spacial score (nSPS) is 10.8. The molecule has 0 unspecified atom stereocenters. The molecule has 0 aliphatic heterocycles. The number of nitrogens with one attached hydrogen (secondary N) is 1. The molecule has 1 aromatic carbocycles.